The minimum Gasteiger partial charge on any atom is -0.494 e. The molecule has 5 aromatic rings. The first-order valence-electron chi connectivity index (χ1n) is 13.0. The number of hydrogen-bond acceptors (Lipinski definition) is 2. The highest BCUT2D eigenvalue weighted by molar-refractivity contribution is 6.42. The Kier molecular flexibility index (Phi) is 7.06. The Hall–Kier alpha value is -3.38. The molecule has 0 bridgehead atoms. The molecule has 1 amide bonds. The van der Waals surface area contributed by atoms with Crippen molar-refractivity contribution in [3.05, 3.63) is 99.3 Å². The summed E-state index contributed by atoms with van der Waals surface area (Å²) < 4.78 is 10.1. The predicted octanol–water partition coefficient (Wildman–Crippen LogP) is 9.02. The van der Waals surface area contributed by atoms with Gasteiger partial charge in [0.1, 0.15) is 17.1 Å². The van der Waals surface area contributed by atoms with Crippen molar-refractivity contribution in [2.75, 3.05) is 11.9 Å². The maximum Gasteiger partial charge on any atom is 0.273 e. The van der Waals surface area contributed by atoms with Crippen LogP contribution in [0.5, 0.6) is 5.75 Å². The van der Waals surface area contributed by atoms with E-state index < -0.39 is 0 Å². The third-order valence-corrected chi connectivity index (χ3v) is 8.11. The van der Waals surface area contributed by atoms with Crippen LogP contribution in [0.3, 0.4) is 0 Å². The van der Waals surface area contributed by atoms with Crippen molar-refractivity contribution in [1.29, 1.82) is 0 Å². The molecular formula is C31H26Cl3N3O2. The second-order valence-corrected chi connectivity index (χ2v) is 10.8. The Balaban J connectivity index is 1.57. The fourth-order valence-corrected chi connectivity index (χ4v) is 5.84. The molecule has 0 saturated heterocycles. The lowest BCUT2D eigenvalue weighted by atomic mass is 9.97. The number of carbonyl (C=O) groups is 1. The number of nitrogens with one attached hydrogen (secondary N) is 1. The second-order valence-electron chi connectivity index (χ2n) is 9.57. The summed E-state index contributed by atoms with van der Waals surface area (Å²) in [5.74, 6) is 0.575. The van der Waals surface area contributed by atoms with Crippen LogP contribution in [0.15, 0.2) is 72.9 Å². The second kappa shape index (κ2) is 10.6. The highest BCUT2D eigenvalue weighted by atomic mass is 35.5. The van der Waals surface area contributed by atoms with Gasteiger partial charge in [0.05, 0.1) is 22.3 Å². The zero-order valence-corrected chi connectivity index (χ0v) is 23.6. The van der Waals surface area contributed by atoms with Gasteiger partial charge in [-0.2, -0.15) is 0 Å². The number of carbonyl (C=O) groups excluding carboxylic acids is 1. The molecule has 0 saturated carbocycles. The number of rotatable bonds is 6. The van der Waals surface area contributed by atoms with Crippen molar-refractivity contribution in [2.24, 2.45) is 0 Å². The summed E-state index contributed by atoms with van der Waals surface area (Å²) >= 11 is 18.5. The summed E-state index contributed by atoms with van der Waals surface area (Å²) in [4.78, 5) is 14.1. The maximum atomic E-state index is 14.1. The molecule has 8 heteroatoms. The van der Waals surface area contributed by atoms with Gasteiger partial charge in [-0.3, -0.25) is 9.20 Å². The van der Waals surface area contributed by atoms with Crippen molar-refractivity contribution < 1.29 is 9.53 Å². The van der Waals surface area contributed by atoms with E-state index in [0.29, 0.717) is 33.1 Å². The van der Waals surface area contributed by atoms with E-state index in [4.69, 9.17) is 39.5 Å². The molecular weight excluding hydrogens is 553 g/mol. The lowest BCUT2D eigenvalue weighted by molar-refractivity contribution is 0.102. The fourth-order valence-electron chi connectivity index (χ4n) is 5.42. The number of amides is 1. The summed E-state index contributed by atoms with van der Waals surface area (Å²) in [6.45, 7) is 3.42. The van der Waals surface area contributed by atoms with E-state index in [2.05, 4.69) is 16.1 Å². The molecule has 1 N–H and O–H groups in total. The highest BCUT2D eigenvalue weighted by Gasteiger charge is 2.29. The van der Waals surface area contributed by atoms with E-state index >= 15 is 0 Å². The van der Waals surface area contributed by atoms with E-state index in [0.717, 1.165) is 65.2 Å². The molecule has 2 aromatic heterocycles. The predicted molar refractivity (Wildman–Crippen MR) is 160 cm³/mol. The Bertz CT molecular complexity index is 1690. The smallest absolute Gasteiger partial charge is 0.273 e. The van der Waals surface area contributed by atoms with Gasteiger partial charge in [0.25, 0.3) is 5.91 Å². The number of aromatic nitrogens is 2. The molecule has 3 heterocycles. The Labute approximate surface area is 241 Å². The van der Waals surface area contributed by atoms with E-state index in [-0.39, 0.29) is 5.91 Å². The van der Waals surface area contributed by atoms with Crippen LogP contribution in [-0.2, 0) is 13.0 Å². The van der Waals surface area contributed by atoms with Crippen LogP contribution in [-0.4, -0.2) is 21.5 Å². The van der Waals surface area contributed by atoms with Crippen molar-refractivity contribution in [3.8, 4) is 28.1 Å². The molecule has 0 radical (unpaired) electrons. The first-order valence-corrected chi connectivity index (χ1v) is 14.1. The SMILES string of the molecule is CCOc1ccc(-c2c3c4n(c(-c5ccc(Cl)cc5)cn4c2C(=O)Nc2ccc(Cl)c(Cl)c2)CCCC3)cc1. The normalized spacial score (nSPS) is 12.9. The van der Waals surface area contributed by atoms with Crippen LogP contribution in [0.4, 0.5) is 5.69 Å². The van der Waals surface area contributed by atoms with Gasteiger partial charge >= 0.3 is 0 Å². The number of halogens is 3. The molecule has 6 rings (SSSR count). The summed E-state index contributed by atoms with van der Waals surface area (Å²) in [6, 6.07) is 20.9. The summed E-state index contributed by atoms with van der Waals surface area (Å²) in [6.07, 6.45) is 5.01. The molecule has 0 atom stereocenters. The van der Waals surface area contributed by atoms with Gasteiger partial charge in [-0.15, -0.1) is 0 Å². The topological polar surface area (TPSA) is 47.7 Å². The van der Waals surface area contributed by atoms with Crippen LogP contribution in [0.25, 0.3) is 28.0 Å². The summed E-state index contributed by atoms with van der Waals surface area (Å²) in [5.41, 5.74) is 7.36. The number of hydrogen-bond donors (Lipinski definition) is 1. The van der Waals surface area contributed by atoms with Crippen molar-refractivity contribution >= 4 is 52.0 Å². The number of benzene rings is 3. The molecule has 0 fully saturated rings. The van der Waals surface area contributed by atoms with Gasteiger partial charge < -0.3 is 14.6 Å². The van der Waals surface area contributed by atoms with Crippen LogP contribution >= 0.6 is 34.8 Å². The first kappa shape index (κ1) is 25.9. The van der Waals surface area contributed by atoms with Crippen molar-refractivity contribution in [1.82, 2.24) is 8.97 Å². The third kappa shape index (κ3) is 4.80. The average Bonchev–Trinajstić information content (AvgIpc) is 3.35. The number of nitrogens with zero attached hydrogens (tertiary/aromatic N) is 2. The average molecular weight is 579 g/mol. The van der Waals surface area contributed by atoms with Crippen molar-refractivity contribution in [2.45, 2.75) is 32.7 Å². The third-order valence-electron chi connectivity index (χ3n) is 7.12. The number of ether oxygens (including phenoxy) is 1. The van der Waals surface area contributed by atoms with E-state index in [1.165, 1.54) is 0 Å². The van der Waals surface area contributed by atoms with Gasteiger partial charge in [0, 0.05) is 34.6 Å². The fraction of sp³-hybridized carbons (Fsp3) is 0.194. The van der Waals surface area contributed by atoms with Crippen LogP contribution in [0.2, 0.25) is 15.1 Å². The van der Waals surface area contributed by atoms with Gasteiger partial charge in [-0.25, -0.2) is 0 Å². The standard InChI is InChI=1S/C31H26Cl3N3O2/c1-2-39-23-13-8-20(9-14-23)28-24-5-3-4-16-36-27(19-6-10-21(32)11-7-19)18-37(31(24)36)29(28)30(38)35-22-12-15-25(33)26(34)17-22/h6-15,17-18H,2-5,16H2,1H3,(H,35,38). The van der Waals surface area contributed by atoms with E-state index in [1.807, 2.05) is 59.9 Å². The van der Waals surface area contributed by atoms with Crippen LogP contribution in [0.1, 0.15) is 35.8 Å². The first-order chi connectivity index (χ1) is 18.9. The van der Waals surface area contributed by atoms with Crippen molar-refractivity contribution in [3.63, 3.8) is 0 Å². The Morgan fingerprint density at radius 2 is 1.67 bits per heavy atom. The molecule has 39 heavy (non-hydrogen) atoms. The van der Waals surface area contributed by atoms with E-state index in [1.54, 1.807) is 18.2 Å². The molecule has 0 aliphatic carbocycles. The van der Waals surface area contributed by atoms with Gasteiger partial charge in [-0.1, -0.05) is 59.1 Å². The minimum absolute atomic E-state index is 0.223. The molecule has 1 aliphatic heterocycles. The van der Waals surface area contributed by atoms with Crippen LogP contribution < -0.4 is 10.1 Å². The van der Waals surface area contributed by atoms with E-state index in [9.17, 15) is 4.79 Å². The van der Waals surface area contributed by atoms with Gasteiger partial charge in [-0.05, 0) is 79.8 Å². The molecule has 5 nitrogen and oxygen atoms in total. The molecule has 0 spiro atoms. The largest absolute Gasteiger partial charge is 0.494 e. The zero-order valence-electron chi connectivity index (χ0n) is 21.3. The Morgan fingerprint density at radius 3 is 2.38 bits per heavy atom. The van der Waals surface area contributed by atoms with Gasteiger partial charge in [0.15, 0.2) is 0 Å². The molecule has 1 aliphatic rings. The molecule has 3 aromatic carbocycles. The quantitative estimate of drug-likeness (QED) is 0.218. The highest BCUT2D eigenvalue weighted by Crippen LogP contribution is 2.40. The summed E-state index contributed by atoms with van der Waals surface area (Å²) in [7, 11) is 0. The van der Waals surface area contributed by atoms with Gasteiger partial charge in [0.2, 0.25) is 0 Å². The lowest BCUT2D eigenvalue weighted by Gasteiger charge is -2.11. The lowest BCUT2D eigenvalue weighted by Crippen LogP contribution is -2.15. The number of aryl methyl sites for hydroxylation is 2. The zero-order chi connectivity index (χ0) is 27.1. The monoisotopic (exact) mass is 577 g/mol. The molecule has 198 valence electrons. The maximum absolute atomic E-state index is 14.1. The number of imidazole rings is 1. The minimum atomic E-state index is -0.223. The number of anilines is 1. The summed E-state index contributed by atoms with van der Waals surface area (Å²) in [5, 5.41) is 4.56. The Morgan fingerprint density at radius 1 is 0.923 bits per heavy atom. The van der Waals surface area contributed by atoms with Crippen LogP contribution in [0, 0.1) is 0 Å². The molecule has 0 unspecified atom stereocenters.